The number of rotatable bonds is 1. The van der Waals surface area contributed by atoms with Crippen LogP contribution in [-0.4, -0.2) is 6.18 Å². The van der Waals surface area contributed by atoms with Gasteiger partial charge in [-0.25, -0.2) is 4.39 Å². The van der Waals surface area contributed by atoms with Crippen LogP contribution in [0.5, 0.6) is 0 Å². The van der Waals surface area contributed by atoms with Crippen LogP contribution in [0, 0.1) is 5.82 Å². The third kappa shape index (κ3) is 3.62. The second-order valence-electron chi connectivity index (χ2n) is 2.69. The number of hydrogen-bond acceptors (Lipinski definition) is 1. The highest BCUT2D eigenvalue weighted by Gasteiger charge is 2.37. The first-order valence-corrected chi connectivity index (χ1v) is 4.39. The Morgan fingerprint density at radius 3 is 2.20 bits per heavy atom. The topological polar surface area (TPSA) is 26.0 Å². The van der Waals surface area contributed by atoms with E-state index < -0.39 is 18.0 Å². The molecule has 7 heteroatoms. The molecule has 0 saturated heterocycles. The molecule has 0 spiro atoms. The van der Waals surface area contributed by atoms with E-state index in [0.29, 0.717) is 0 Å². The summed E-state index contributed by atoms with van der Waals surface area (Å²) in [7, 11) is 0. The molecule has 0 aliphatic heterocycles. The highest BCUT2D eigenvalue weighted by atomic mass is 79.9. The van der Waals surface area contributed by atoms with Gasteiger partial charge < -0.3 is 5.73 Å². The molecule has 1 atom stereocenters. The minimum absolute atomic E-state index is 0. The maximum Gasteiger partial charge on any atom is 0.407 e. The molecule has 0 aliphatic carbocycles. The molecular weight excluding hydrogens is 301 g/mol. The Labute approximate surface area is 98.2 Å². The van der Waals surface area contributed by atoms with Gasteiger partial charge >= 0.3 is 6.18 Å². The van der Waals surface area contributed by atoms with Crippen LogP contribution in [-0.2, 0) is 0 Å². The molecule has 1 aromatic rings. The van der Waals surface area contributed by atoms with E-state index in [-0.39, 0.29) is 22.4 Å². The normalized spacial score (nSPS) is 13.2. The quantitative estimate of drug-likeness (QED) is 0.789. The summed E-state index contributed by atoms with van der Waals surface area (Å²) in [4.78, 5) is 0. The fraction of sp³-hybridized carbons (Fsp3) is 0.250. The Balaban J connectivity index is 0.00000196. The molecule has 0 unspecified atom stereocenters. The van der Waals surface area contributed by atoms with Crippen LogP contribution in [0.3, 0.4) is 0 Å². The van der Waals surface area contributed by atoms with Gasteiger partial charge in [-0.1, -0.05) is 6.07 Å². The van der Waals surface area contributed by atoms with E-state index >= 15 is 0 Å². The lowest BCUT2D eigenvalue weighted by atomic mass is 10.1. The van der Waals surface area contributed by atoms with Gasteiger partial charge in [0.15, 0.2) is 0 Å². The van der Waals surface area contributed by atoms with Crippen LogP contribution in [0.25, 0.3) is 0 Å². The first-order valence-electron chi connectivity index (χ1n) is 3.59. The molecule has 0 saturated carbocycles. The lowest BCUT2D eigenvalue weighted by molar-refractivity contribution is -0.149. The smallest absolute Gasteiger partial charge is 0.316 e. The zero-order valence-electron chi connectivity index (χ0n) is 7.18. The van der Waals surface area contributed by atoms with Gasteiger partial charge in [-0.3, -0.25) is 0 Å². The summed E-state index contributed by atoms with van der Waals surface area (Å²) in [6, 6.07) is 0.885. The highest BCUT2D eigenvalue weighted by Crippen LogP contribution is 2.31. The van der Waals surface area contributed by atoms with Crippen molar-refractivity contribution in [1.82, 2.24) is 0 Å². The van der Waals surface area contributed by atoms with Gasteiger partial charge in [0.05, 0.1) is 4.47 Å². The molecule has 0 radical (unpaired) electrons. The van der Waals surface area contributed by atoms with Crippen LogP contribution < -0.4 is 5.73 Å². The van der Waals surface area contributed by atoms with Crippen molar-refractivity contribution in [2.45, 2.75) is 12.2 Å². The molecule has 0 aliphatic rings. The Kier molecular flexibility index (Phi) is 5.02. The first-order chi connectivity index (χ1) is 6.32. The van der Waals surface area contributed by atoms with Crippen molar-refractivity contribution in [3.05, 3.63) is 34.1 Å². The van der Waals surface area contributed by atoms with E-state index in [1.54, 1.807) is 0 Å². The fourth-order valence-electron chi connectivity index (χ4n) is 0.895. The van der Waals surface area contributed by atoms with E-state index in [4.69, 9.17) is 5.73 Å². The summed E-state index contributed by atoms with van der Waals surface area (Å²) in [5, 5.41) is 0. The number of nitrogens with two attached hydrogens (primary N) is 1. The SMILES string of the molecule is Cl.N[C@@H](c1ccc(F)c(Br)c1)C(F)(F)F. The van der Waals surface area contributed by atoms with Gasteiger partial charge in [0.2, 0.25) is 0 Å². The van der Waals surface area contributed by atoms with Crippen molar-refractivity contribution in [3.8, 4) is 0 Å². The first kappa shape index (κ1) is 14.7. The van der Waals surface area contributed by atoms with Gasteiger partial charge in [-0.15, -0.1) is 12.4 Å². The maximum absolute atomic E-state index is 12.7. The molecule has 1 aromatic carbocycles. The van der Waals surface area contributed by atoms with Gasteiger partial charge in [-0.05, 0) is 33.6 Å². The molecule has 1 nitrogen and oxygen atoms in total. The molecule has 0 fully saturated rings. The molecule has 0 bridgehead atoms. The summed E-state index contributed by atoms with van der Waals surface area (Å²) >= 11 is 2.78. The number of hydrogen-bond donors (Lipinski definition) is 1. The van der Waals surface area contributed by atoms with Gasteiger partial charge in [0, 0.05) is 0 Å². The van der Waals surface area contributed by atoms with Crippen molar-refractivity contribution in [2.24, 2.45) is 5.73 Å². The van der Waals surface area contributed by atoms with Crippen molar-refractivity contribution >= 4 is 28.3 Å². The van der Waals surface area contributed by atoms with Crippen molar-refractivity contribution in [1.29, 1.82) is 0 Å². The minimum Gasteiger partial charge on any atom is -0.316 e. The largest absolute Gasteiger partial charge is 0.407 e. The molecule has 2 N–H and O–H groups in total. The van der Waals surface area contributed by atoms with E-state index in [1.807, 2.05) is 0 Å². The second kappa shape index (κ2) is 5.14. The summed E-state index contributed by atoms with van der Waals surface area (Å²) < 4.78 is 49.1. The molecule has 1 rings (SSSR count). The Morgan fingerprint density at radius 1 is 1.27 bits per heavy atom. The predicted octanol–water partition coefficient (Wildman–Crippen LogP) is 3.57. The Hall–Kier alpha value is -0.330. The van der Waals surface area contributed by atoms with E-state index in [0.717, 1.165) is 18.2 Å². The van der Waals surface area contributed by atoms with Crippen LogP contribution in [0.2, 0.25) is 0 Å². The van der Waals surface area contributed by atoms with E-state index in [2.05, 4.69) is 15.9 Å². The van der Waals surface area contributed by atoms with Crippen LogP contribution in [0.4, 0.5) is 17.6 Å². The highest BCUT2D eigenvalue weighted by molar-refractivity contribution is 9.10. The number of alkyl halides is 3. The van der Waals surface area contributed by atoms with E-state index in [9.17, 15) is 17.6 Å². The van der Waals surface area contributed by atoms with Crippen LogP contribution in [0.15, 0.2) is 22.7 Å². The molecule has 0 amide bonds. The summed E-state index contributed by atoms with van der Waals surface area (Å²) in [6.45, 7) is 0. The van der Waals surface area contributed by atoms with E-state index in [1.165, 1.54) is 0 Å². The van der Waals surface area contributed by atoms with Crippen molar-refractivity contribution < 1.29 is 17.6 Å². The maximum atomic E-state index is 12.7. The fourth-order valence-corrected chi connectivity index (χ4v) is 1.29. The molecule has 0 aromatic heterocycles. The number of benzene rings is 1. The van der Waals surface area contributed by atoms with Crippen LogP contribution >= 0.6 is 28.3 Å². The number of halogens is 6. The Bertz CT molecular complexity index is 342. The predicted molar refractivity (Wildman–Crippen MR) is 54.3 cm³/mol. The monoisotopic (exact) mass is 307 g/mol. The zero-order valence-corrected chi connectivity index (χ0v) is 9.59. The third-order valence-electron chi connectivity index (χ3n) is 1.66. The lowest BCUT2D eigenvalue weighted by Gasteiger charge is -2.15. The van der Waals surface area contributed by atoms with Gasteiger partial charge in [0.1, 0.15) is 11.9 Å². The zero-order chi connectivity index (χ0) is 10.9. The van der Waals surface area contributed by atoms with Gasteiger partial charge in [0.25, 0.3) is 0 Å². The Morgan fingerprint density at radius 2 is 1.80 bits per heavy atom. The second-order valence-corrected chi connectivity index (χ2v) is 3.55. The molecular formula is C8H7BrClF4N. The summed E-state index contributed by atoms with van der Waals surface area (Å²) in [5.41, 5.74) is 4.75. The van der Waals surface area contributed by atoms with Crippen molar-refractivity contribution in [2.75, 3.05) is 0 Å². The molecule has 86 valence electrons. The van der Waals surface area contributed by atoms with Crippen molar-refractivity contribution in [3.63, 3.8) is 0 Å². The standard InChI is InChI=1S/C8H6BrF4N.ClH/c9-5-3-4(1-2-6(5)10)7(14)8(11,12)13;/h1-3,7H,14H2;1H/t7-;/m0./s1. The average Bonchev–Trinajstić information content (AvgIpc) is 2.07. The lowest BCUT2D eigenvalue weighted by Crippen LogP contribution is -2.28. The molecule has 15 heavy (non-hydrogen) atoms. The molecule has 0 heterocycles. The van der Waals surface area contributed by atoms with Crippen LogP contribution in [0.1, 0.15) is 11.6 Å². The minimum atomic E-state index is -4.52. The summed E-state index contributed by atoms with van der Waals surface area (Å²) in [5.74, 6) is -0.622. The average molecular weight is 308 g/mol. The van der Waals surface area contributed by atoms with Gasteiger partial charge in [-0.2, -0.15) is 13.2 Å². The third-order valence-corrected chi connectivity index (χ3v) is 2.26. The summed E-state index contributed by atoms with van der Waals surface area (Å²) in [6.07, 6.45) is -4.52.